The van der Waals surface area contributed by atoms with Crippen molar-refractivity contribution in [1.82, 2.24) is 19.7 Å². The summed E-state index contributed by atoms with van der Waals surface area (Å²) >= 11 is 3.04. The quantitative estimate of drug-likeness (QED) is 0.513. The van der Waals surface area contributed by atoms with Crippen molar-refractivity contribution in [1.29, 1.82) is 0 Å². The molecule has 1 aromatic carbocycles. The van der Waals surface area contributed by atoms with E-state index >= 15 is 0 Å². The van der Waals surface area contributed by atoms with Crippen molar-refractivity contribution in [3.63, 3.8) is 0 Å². The van der Waals surface area contributed by atoms with E-state index < -0.39 is 0 Å². The topological polar surface area (TPSA) is 69.5 Å². The van der Waals surface area contributed by atoms with Crippen molar-refractivity contribution in [2.24, 2.45) is 7.05 Å². The first-order chi connectivity index (χ1) is 14.6. The lowest BCUT2D eigenvalue weighted by Gasteiger charge is -2.26. The first-order valence-corrected chi connectivity index (χ1v) is 11.6. The van der Waals surface area contributed by atoms with E-state index in [9.17, 15) is 4.79 Å². The number of ether oxygens (including phenoxy) is 2. The summed E-state index contributed by atoms with van der Waals surface area (Å²) in [4.78, 5) is 16.1. The lowest BCUT2D eigenvalue weighted by atomic mass is 10.0. The van der Waals surface area contributed by atoms with Gasteiger partial charge in [-0.15, -0.1) is 21.5 Å². The average molecular weight is 445 g/mol. The zero-order valence-corrected chi connectivity index (χ0v) is 18.8. The number of amides is 1. The Labute approximate surface area is 184 Å². The van der Waals surface area contributed by atoms with Crippen molar-refractivity contribution in [2.45, 2.75) is 24.0 Å². The zero-order valence-electron chi connectivity index (χ0n) is 17.2. The number of carbonyl (C=O) groups excluding carboxylic acids is 1. The van der Waals surface area contributed by atoms with Crippen molar-refractivity contribution in [3.8, 4) is 22.2 Å². The highest BCUT2D eigenvalue weighted by Crippen LogP contribution is 2.39. The van der Waals surface area contributed by atoms with Gasteiger partial charge in [-0.2, -0.15) is 0 Å². The summed E-state index contributed by atoms with van der Waals surface area (Å²) in [7, 11) is 5.23. The Kier molecular flexibility index (Phi) is 6.29. The molecule has 3 heterocycles. The van der Waals surface area contributed by atoms with Crippen LogP contribution >= 0.6 is 23.1 Å². The van der Waals surface area contributed by atoms with Crippen LogP contribution in [0.25, 0.3) is 10.7 Å². The summed E-state index contributed by atoms with van der Waals surface area (Å²) in [5.74, 6) is 2.77. The van der Waals surface area contributed by atoms with Gasteiger partial charge in [0.25, 0.3) is 0 Å². The molecule has 4 rings (SSSR count). The minimum atomic E-state index is -0.00988. The molecule has 7 nitrogen and oxygen atoms in total. The number of carbonyl (C=O) groups is 1. The van der Waals surface area contributed by atoms with Crippen LogP contribution < -0.4 is 9.47 Å². The molecule has 1 fully saturated rings. The van der Waals surface area contributed by atoms with Crippen molar-refractivity contribution in [2.75, 3.05) is 26.5 Å². The van der Waals surface area contributed by atoms with Gasteiger partial charge in [-0.25, -0.2) is 0 Å². The molecule has 0 bridgehead atoms. The number of rotatable bonds is 7. The summed E-state index contributed by atoms with van der Waals surface area (Å²) in [5.41, 5.74) is 0.992. The number of nitrogens with zero attached hydrogens (tertiary/aromatic N) is 4. The highest BCUT2D eigenvalue weighted by Gasteiger charge is 2.32. The highest BCUT2D eigenvalue weighted by molar-refractivity contribution is 7.99. The van der Waals surface area contributed by atoms with Crippen LogP contribution in [0, 0.1) is 0 Å². The molecule has 2 aromatic heterocycles. The van der Waals surface area contributed by atoms with Crippen LogP contribution in [0.2, 0.25) is 0 Å². The highest BCUT2D eigenvalue weighted by atomic mass is 32.2. The molecule has 1 amide bonds. The Balaban J connectivity index is 1.48. The first kappa shape index (κ1) is 20.7. The van der Waals surface area contributed by atoms with E-state index in [1.54, 1.807) is 25.6 Å². The van der Waals surface area contributed by atoms with Gasteiger partial charge in [0.15, 0.2) is 11.0 Å². The molecule has 0 N–H and O–H groups in total. The van der Waals surface area contributed by atoms with Crippen LogP contribution in [0.15, 0.2) is 40.9 Å². The molecule has 1 atom stereocenters. The molecule has 0 spiro atoms. The molecule has 3 aromatic rings. The standard InChI is InChI=1S/C21H24N4O3S2/c1-24-20(18-7-5-11-29-18)22-23-21(24)30-13-19(26)25-10-4-6-16(25)15-12-14(27-2)8-9-17(15)28-3/h5,7-9,11-12,16H,4,6,10,13H2,1-3H3. The summed E-state index contributed by atoms with van der Waals surface area (Å²) < 4.78 is 12.9. The van der Waals surface area contributed by atoms with Gasteiger partial charge in [0.05, 0.1) is 30.9 Å². The fraction of sp³-hybridized carbons (Fsp3) is 0.381. The van der Waals surface area contributed by atoms with Crippen LogP contribution in [0.1, 0.15) is 24.4 Å². The molecule has 0 aliphatic carbocycles. The number of aromatic nitrogens is 3. The molecular weight excluding hydrogens is 420 g/mol. The second kappa shape index (κ2) is 9.09. The van der Waals surface area contributed by atoms with E-state index in [0.29, 0.717) is 5.75 Å². The summed E-state index contributed by atoms with van der Waals surface area (Å²) in [6.07, 6.45) is 1.88. The third kappa shape index (κ3) is 4.04. The van der Waals surface area contributed by atoms with E-state index in [0.717, 1.165) is 52.3 Å². The maximum atomic E-state index is 13.1. The van der Waals surface area contributed by atoms with Crippen LogP contribution in [0.4, 0.5) is 0 Å². The number of thiophene rings is 1. The lowest BCUT2D eigenvalue weighted by Crippen LogP contribution is -2.32. The Morgan fingerprint density at radius 3 is 2.87 bits per heavy atom. The van der Waals surface area contributed by atoms with E-state index in [-0.39, 0.29) is 11.9 Å². The number of hydrogen-bond acceptors (Lipinski definition) is 7. The minimum absolute atomic E-state index is 0.00988. The largest absolute Gasteiger partial charge is 0.497 e. The Morgan fingerprint density at radius 1 is 1.27 bits per heavy atom. The predicted molar refractivity (Wildman–Crippen MR) is 118 cm³/mol. The maximum absolute atomic E-state index is 13.1. The minimum Gasteiger partial charge on any atom is -0.497 e. The normalized spacial score (nSPS) is 16.1. The molecular formula is C21H24N4O3S2. The van der Waals surface area contributed by atoms with Crippen molar-refractivity contribution in [3.05, 3.63) is 41.3 Å². The molecule has 9 heteroatoms. The molecule has 158 valence electrons. The number of hydrogen-bond donors (Lipinski definition) is 0. The van der Waals surface area contributed by atoms with E-state index in [1.165, 1.54) is 11.8 Å². The predicted octanol–water partition coefficient (Wildman–Crippen LogP) is 4.02. The monoisotopic (exact) mass is 444 g/mol. The fourth-order valence-corrected chi connectivity index (χ4v) is 5.30. The zero-order chi connectivity index (χ0) is 21.1. The third-order valence-electron chi connectivity index (χ3n) is 5.27. The maximum Gasteiger partial charge on any atom is 0.233 e. The van der Waals surface area contributed by atoms with Gasteiger partial charge in [-0.3, -0.25) is 4.79 Å². The van der Waals surface area contributed by atoms with Gasteiger partial charge >= 0.3 is 0 Å². The summed E-state index contributed by atoms with van der Waals surface area (Å²) in [6, 6.07) is 9.74. The van der Waals surface area contributed by atoms with E-state index in [2.05, 4.69) is 10.2 Å². The molecule has 0 saturated carbocycles. The van der Waals surface area contributed by atoms with E-state index in [4.69, 9.17) is 9.47 Å². The fourth-order valence-electron chi connectivity index (χ4n) is 3.76. The third-order valence-corrected chi connectivity index (χ3v) is 7.14. The van der Waals surface area contributed by atoms with Gasteiger partial charge < -0.3 is 18.9 Å². The number of thioether (sulfide) groups is 1. The van der Waals surface area contributed by atoms with Crippen LogP contribution in [-0.4, -0.2) is 52.1 Å². The van der Waals surface area contributed by atoms with Crippen LogP contribution in [0.5, 0.6) is 11.5 Å². The number of benzene rings is 1. The Hall–Kier alpha value is -2.52. The summed E-state index contributed by atoms with van der Waals surface area (Å²) in [6.45, 7) is 0.740. The smallest absolute Gasteiger partial charge is 0.233 e. The first-order valence-electron chi connectivity index (χ1n) is 9.70. The molecule has 1 aliphatic rings. The van der Waals surface area contributed by atoms with Gasteiger partial charge in [0, 0.05) is 19.2 Å². The second-order valence-corrected chi connectivity index (χ2v) is 8.87. The molecule has 0 radical (unpaired) electrons. The van der Waals surface area contributed by atoms with E-state index in [1.807, 2.05) is 52.2 Å². The van der Waals surface area contributed by atoms with Gasteiger partial charge in [-0.1, -0.05) is 17.8 Å². The van der Waals surface area contributed by atoms with Crippen LogP contribution in [0.3, 0.4) is 0 Å². The average Bonchev–Trinajstić information content (AvgIpc) is 3.52. The van der Waals surface area contributed by atoms with Gasteiger partial charge in [0.1, 0.15) is 11.5 Å². The molecule has 1 unspecified atom stereocenters. The van der Waals surface area contributed by atoms with Gasteiger partial charge in [0.2, 0.25) is 5.91 Å². The Morgan fingerprint density at radius 2 is 2.13 bits per heavy atom. The molecule has 1 aliphatic heterocycles. The number of likely N-dealkylation sites (tertiary alicyclic amines) is 1. The number of methoxy groups -OCH3 is 2. The van der Waals surface area contributed by atoms with Crippen LogP contribution in [-0.2, 0) is 11.8 Å². The molecule has 1 saturated heterocycles. The SMILES string of the molecule is COc1ccc(OC)c(C2CCCN2C(=O)CSc2nnc(-c3cccs3)n2C)c1. The second-order valence-electron chi connectivity index (χ2n) is 6.98. The molecule has 30 heavy (non-hydrogen) atoms. The van der Waals surface area contributed by atoms with Gasteiger partial charge in [-0.05, 0) is 42.5 Å². The Bertz CT molecular complexity index is 1020. The lowest BCUT2D eigenvalue weighted by molar-refractivity contribution is -0.129. The van der Waals surface area contributed by atoms with Crippen molar-refractivity contribution >= 4 is 29.0 Å². The summed E-state index contributed by atoms with van der Waals surface area (Å²) in [5, 5.41) is 11.3. The van der Waals surface area contributed by atoms with Crippen molar-refractivity contribution < 1.29 is 14.3 Å².